The molecule has 1 atom stereocenters. The van der Waals surface area contributed by atoms with Crippen molar-refractivity contribution in [2.24, 2.45) is 0 Å². The summed E-state index contributed by atoms with van der Waals surface area (Å²) in [6.45, 7) is 0.304. The third kappa shape index (κ3) is 3.53. The second-order valence-electron chi connectivity index (χ2n) is 7.37. The van der Waals surface area contributed by atoms with Crippen LogP contribution in [0.3, 0.4) is 0 Å². The van der Waals surface area contributed by atoms with Crippen molar-refractivity contribution in [2.45, 2.75) is 44.3 Å². The number of fused-ring (bicyclic) bond motifs is 1. The van der Waals surface area contributed by atoms with Crippen LogP contribution in [-0.4, -0.2) is 29.9 Å². The van der Waals surface area contributed by atoms with Gasteiger partial charge in [-0.15, -0.1) is 0 Å². The molecule has 2 amide bonds. The van der Waals surface area contributed by atoms with Crippen LogP contribution in [0.1, 0.15) is 53.2 Å². The van der Waals surface area contributed by atoms with Crippen LogP contribution in [0.2, 0.25) is 0 Å². The number of ether oxygens (including phenoxy) is 1. The molecule has 4 rings (SSSR count). The number of methoxy groups -OCH3 is 1. The molecule has 1 aliphatic carbocycles. The fourth-order valence-electron chi connectivity index (χ4n) is 4.22. The largest absolute Gasteiger partial charge is 0.496 e. The summed E-state index contributed by atoms with van der Waals surface area (Å²) < 4.78 is 6.37. The molecule has 6 heteroatoms. The molecule has 0 bridgehead atoms. The van der Waals surface area contributed by atoms with Crippen molar-refractivity contribution in [3.63, 3.8) is 0 Å². The zero-order valence-corrected chi connectivity index (χ0v) is 17.4. The molecule has 0 radical (unpaired) electrons. The maximum absolute atomic E-state index is 13.2. The third-order valence-corrected chi connectivity index (χ3v) is 6.08. The van der Waals surface area contributed by atoms with Crippen molar-refractivity contribution in [1.82, 2.24) is 10.2 Å². The highest BCUT2D eigenvalue weighted by molar-refractivity contribution is 9.10. The summed E-state index contributed by atoms with van der Waals surface area (Å²) in [4.78, 5) is 28.0. The summed E-state index contributed by atoms with van der Waals surface area (Å²) in [5.41, 5.74) is 2.23. The smallest absolute Gasteiger partial charge is 0.255 e. The molecule has 0 aromatic heterocycles. The minimum Gasteiger partial charge on any atom is -0.496 e. The Labute approximate surface area is 173 Å². The molecule has 1 heterocycles. The first-order valence-corrected chi connectivity index (χ1v) is 10.4. The van der Waals surface area contributed by atoms with E-state index in [2.05, 4.69) is 21.2 Å². The van der Waals surface area contributed by atoms with Gasteiger partial charge in [0.2, 0.25) is 5.91 Å². The molecule has 2 aliphatic rings. The Morgan fingerprint density at radius 1 is 1.21 bits per heavy atom. The van der Waals surface area contributed by atoms with Gasteiger partial charge in [-0.05, 0) is 42.7 Å². The van der Waals surface area contributed by atoms with Gasteiger partial charge in [0.05, 0.1) is 13.7 Å². The summed E-state index contributed by atoms with van der Waals surface area (Å²) in [6, 6.07) is 12.7. The summed E-state index contributed by atoms with van der Waals surface area (Å²) in [7, 11) is 1.61. The summed E-state index contributed by atoms with van der Waals surface area (Å²) in [6.07, 6.45) is 4.30. The normalized spacial score (nSPS) is 19.0. The first kappa shape index (κ1) is 19.0. The molecule has 146 valence electrons. The molecule has 0 unspecified atom stereocenters. The van der Waals surface area contributed by atoms with E-state index in [4.69, 9.17) is 4.74 Å². The van der Waals surface area contributed by atoms with Crippen LogP contribution >= 0.6 is 15.9 Å². The topological polar surface area (TPSA) is 58.6 Å². The average molecular weight is 443 g/mol. The molecule has 1 saturated carbocycles. The number of carbonyl (C=O) groups is 2. The Morgan fingerprint density at radius 3 is 2.71 bits per heavy atom. The zero-order valence-electron chi connectivity index (χ0n) is 15.8. The number of nitrogens with one attached hydrogen (secondary N) is 1. The number of carbonyl (C=O) groups excluding carboxylic acids is 2. The van der Waals surface area contributed by atoms with E-state index < -0.39 is 6.04 Å². The lowest BCUT2D eigenvalue weighted by Gasteiger charge is -2.27. The standard InChI is InChI=1S/C22H23BrN2O3/c1-28-19-11-10-15(23)12-14(19)13-25-20(21(26)24-16-6-2-3-7-16)17-8-4-5-9-18(17)22(25)27/h4-5,8-12,16,20H,2-3,6-7,13H2,1H3,(H,24,26)/t20-/m0/s1. The van der Waals surface area contributed by atoms with E-state index in [-0.39, 0.29) is 17.9 Å². The lowest BCUT2D eigenvalue weighted by atomic mass is 10.0. The molecule has 2 aromatic rings. The minimum atomic E-state index is -0.618. The zero-order chi connectivity index (χ0) is 19.7. The third-order valence-electron chi connectivity index (χ3n) is 5.59. The van der Waals surface area contributed by atoms with Crippen molar-refractivity contribution in [3.05, 3.63) is 63.6 Å². The number of halogens is 1. The van der Waals surface area contributed by atoms with Crippen molar-refractivity contribution in [3.8, 4) is 5.75 Å². The fourth-order valence-corrected chi connectivity index (χ4v) is 4.63. The van der Waals surface area contributed by atoms with Gasteiger partial charge in [0.25, 0.3) is 5.91 Å². The van der Waals surface area contributed by atoms with Crippen LogP contribution in [0.25, 0.3) is 0 Å². The van der Waals surface area contributed by atoms with Crippen LogP contribution in [-0.2, 0) is 11.3 Å². The number of nitrogens with zero attached hydrogens (tertiary/aromatic N) is 1. The summed E-state index contributed by atoms with van der Waals surface area (Å²) in [5, 5.41) is 3.16. The quantitative estimate of drug-likeness (QED) is 0.753. The summed E-state index contributed by atoms with van der Waals surface area (Å²) >= 11 is 3.48. The highest BCUT2D eigenvalue weighted by Crippen LogP contribution is 2.37. The Kier molecular flexibility index (Phi) is 5.40. The van der Waals surface area contributed by atoms with Gasteiger partial charge < -0.3 is 15.0 Å². The highest BCUT2D eigenvalue weighted by Gasteiger charge is 2.41. The molecule has 0 spiro atoms. The van der Waals surface area contributed by atoms with Gasteiger partial charge >= 0.3 is 0 Å². The predicted octanol–water partition coefficient (Wildman–Crippen LogP) is 4.21. The van der Waals surface area contributed by atoms with Crippen LogP contribution < -0.4 is 10.1 Å². The van der Waals surface area contributed by atoms with Crippen molar-refractivity contribution >= 4 is 27.7 Å². The van der Waals surface area contributed by atoms with Crippen LogP contribution in [0.15, 0.2) is 46.9 Å². The van der Waals surface area contributed by atoms with Crippen LogP contribution in [0.4, 0.5) is 0 Å². The Bertz CT molecular complexity index is 908. The van der Waals surface area contributed by atoms with Crippen molar-refractivity contribution in [1.29, 1.82) is 0 Å². The maximum atomic E-state index is 13.2. The number of amides is 2. The second-order valence-corrected chi connectivity index (χ2v) is 8.28. The maximum Gasteiger partial charge on any atom is 0.255 e. The second kappa shape index (κ2) is 7.95. The number of hydrogen-bond donors (Lipinski definition) is 1. The SMILES string of the molecule is COc1ccc(Br)cc1CN1C(=O)c2ccccc2[C@H]1C(=O)NC1CCCC1. The average Bonchev–Trinajstić information content (AvgIpc) is 3.29. The predicted molar refractivity (Wildman–Crippen MR) is 110 cm³/mol. The van der Waals surface area contributed by atoms with Gasteiger partial charge in [0.15, 0.2) is 0 Å². The van der Waals surface area contributed by atoms with Crippen molar-refractivity contribution < 1.29 is 14.3 Å². The first-order valence-electron chi connectivity index (χ1n) is 9.61. The highest BCUT2D eigenvalue weighted by atomic mass is 79.9. The monoisotopic (exact) mass is 442 g/mol. The van der Waals surface area contributed by atoms with Gasteiger partial charge in [0.1, 0.15) is 11.8 Å². The van der Waals surface area contributed by atoms with Gasteiger partial charge in [-0.2, -0.15) is 0 Å². The fraction of sp³-hybridized carbons (Fsp3) is 0.364. The lowest BCUT2D eigenvalue weighted by molar-refractivity contribution is -0.126. The van der Waals surface area contributed by atoms with E-state index in [1.54, 1.807) is 18.1 Å². The molecule has 28 heavy (non-hydrogen) atoms. The van der Waals surface area contributed by atoms with E-state index in [0.29, 0.717) is 17.9 Å². The van der Waals surface area contributed by atoms with Crippen LogP contribution in [0.5, 0.6) is 5.75 Å². The van der Waals surface area contributed by atoms with Gasteiger partial charge in [0, 0.05) is 21.6 Å². The van der Waals surface area contributed by atoms with Crippen molar-refractivity contribution in [2.75, 3.05) is 7.11 Å². The number of benzene rings is 2. The first-order chi connectivity index (χ1) is 13.6. The Morgan fingerprint density at radius 2 is 1.96 bits per heavy atom. The molecule has 1 N–H and O–H groups in total. The number of hydrogen-bond acceptors (Lipinski definition) is 3. The molecular weight excluding hydrogens is 420 g/mol. The van der Waals surface area contributed by atoms with E-state index >= 15 is 0 Å². The Balaban J connectivity index is 1.67. The Hall–Kier alpha value is -2.34. The van der Waals surface area contributed by atoms with Gasteiger partial charge in [-0.3, -0.25) is 9.59 Å². The van der Waals surface area contributed by atoms with E-state index in [1.165, 1.54) is 0 Å². The van der Waals surface area contributed by atoms with E-state index in [0.717, 1.165) is 41.3 Å². The number of rotatable bonds is 5. The molecular formula is C22H23BrN2O3. The molecule has 1 fully saturated rings. The molecule has 0 saturated heterocycles. The lowest BCUT2D eigenvalue weighted by Crippen LogP contribution is -2.42. The van der Waals surface area contributed by atoms with Gasteiger partial charge in [-0.25, -0.2) is 0 Å². The van der Waals surface area contributed by atoms with Crippen LogP contribution in [0, 0.1) is 0 Å². The molecule has 5 nitrogen and oxygen atoms in total. The molecule has 2 aromatic carbocycles. The van der Waals surface area contributed by atoms with E-state index in [1.807, 2.05) is 36.4 Å². The van der Waals surface area contributed by atoms with E-state index in [9.17, 15) is 9.59 Å². The minimum absolute atomic E-state index is 0.0980. The summed E-state index contributed by atoms with van der Waals surface area (Å²) in [5.74, 6) is 0.477. The van der Waals surface area contributed by atoms with Gasteiger partial charge in [-0.1, -0.05) is 47.0 Å². The molecule has 1 aliphatic heterocycles.